The highest BCUT2D eigenvalue weighted by molar-refractivity contribution is 5.66. The largest absolute Gasteiger partial charge is 0.481 e. The molecule has 0 atom stereocenters. The molecule has 14 heavy (non-hydrogen) atoms. The lowest BCUT2D eigenvalue weighted by Crippen LogP contribution is -2.31. The molecule has 3 heteroatoms. The summed E-state index contributed by atoms with van der Waals surface area (Å²) in [5, 5.41) is 18.5. The van der Waals surface area contributed by atoms with Gasteiger partial charge in [-0.25, -0.2) is 0 Å². The quantitative estimate of drug-likeness (QED) is 0.670. The molecule has 0 aromatic rings. The van der Waals surface area contributed by atoms with E-state index in [2.05, 4.69) is 0 Å². The molecule has 0 spiro atoms. The van der Waals surface area contributed by atoms with Crippen molar-refractivity contribution in [1.82, 2.24) is 0 Å². The first-order chi connectivity index (χ1) is 6.62. The van der Waals surface area contributed by atoms with Crippen molar-refractivity contribution in [3.63, 3.8) is 0 Å². The Bertz CT molecular complexity index is 183. The van der Waals surface area contributed by atoms with Crippen molar-refractivity contribution in [2.75, 3.05) is 0 Å². The fourth-order valence-corrected chi connectivity index (χ4v) is 2.19. The summed E-state index contributed by atoms with van der Waals surface area (Å²) in [6.07, 6.45) is 7.82. The lowest BCUT2D eigenvalue weighted by molar-refractivity contribution is -0.137. The second kappa shape index (κ2) is 5.35. The Morgan fingerprint density at radius 2 is 1.79 bits per heavy atom. The number of rotatable bonds is 5. The number of carbonyl (C=O) groups is 1. The topological polar surface area (TPSA) is 57.5 Å². The molecule has 0 aromatic heterocycles. The normalized spacial score (nSPS) is 20.6. The van der Waals surface area contributed by atoms with Crippen molar-refractivity contribution in [2.45, 2.75) is 63.4 Å². The van der Waals surface area contributed by atoms with E-state index in [1.807, 2.05) is 0 Å². The van der Waals surface area contributed by atoms with Crippen LogP contribution in [0.15, 0.2) is 0 Å². The van der Waals surface area contributed by atoms with E-state index in [0.717, 1.165) is 38.5 Å². The van der Waals surface area contributed by atoms with Crippen LogP contribution < -0.4 is 0 Å². The van der Waals surface area contributed by atoms with Crippen LogP contribution in [0.4, 0.5) is 0 Å². The fourth-order valence-electron chi connectivity index (χ4n) is 2.19. The van der Waals surface area contributed by atoms with Gasteiger partial charge in [-0.3, -0.25) is 4.79 Å². The Kier molecular flexibility index (Phi) is 4.39. The van der Waals surface area contributed by atoms with Gasteiger partial charge in [-0.15, -0.1) is 0 Å². The summed E-state index contributed by atoms with van der Waals surface area (Å²) >= 11 is 0. The van der Waals surface area contributed by atoms with Gasteiger partial charge in [-0.1, -0.05) is 25.7 Å². The second-order valence-corrected chi connectivity index (χ2v) is 4.39. The van der Waals surface area contributed by atoms with Crippen LogP contribution in [0.3, 0.4) is 0 Å². The predicted molar refractivity (Wildman–Crippen MR) is 54.1 cm³/mol. The van der Waals surface area contributed by atoms with Gasteiger partial charge < -0.3 is 10.2 Å². The van der Waals surface area contributed by atoms with Gasteiger partial charge in [-0.2, -0.15) is 0 Å². The number of carboxylic acid groups (broad SMARTS) is 1. The number of hydrogen-bond acceptors (Lipinski definition) is 2. The molecule has 0 aromatic carbocycles. The number of aliphatic hydroxyl groups is 1. The monoisotopic (exact) mass is 200 g/mol. The summed E-state index contributed by atoms with van der Waals surface area (Å²) in [4.78, 5) is 10.3. The van der Waals surface area contributed by atoms with Crippen LogP contribution >= 0.6 is 0 Å². The Morgan fingerprint density at radius 1 is 1.14 bits per heavy atom. The molecule has 2 N–H and O–H groups in total. The molecule has 0 radical (unpaired) electrons. The van der Waals surface area contributed by atoms with E-state index in [1.165, 1.54) is 6.42 Å². The number of unbranched alkanes of at least 4 members (excludes halogenated alkanes) is 1. The van der Waals surface area contributed by atoms with Crippen molar-refractivity contribution in [1.29, 1.82) is 0 Å². The summed E-state index contributed by atoms with van der Waals surface area (Å²) < 4.78 is 0. The van der Waals surface area contributed by atoms with Crippen LogP contribution in [-0.2, 0) is 4.79 Å². The van der Waals surface area contributed by atoms with Gasteiger partial charge in [0.15, 0.2) is 0 Å². The summed E-state index contributed by atoms with van der Waals surface area (Å²) in [5.41, 5.74) is -0.475. The molecular weight excluding hydrogens is 180 g/mol. The van der Waals surface area contributed by atoms with E-state index in [0.29, 0.717) is 6.42 Å². The summed E-state index contributed by atoms with van der Waals surface area (Å²) in [5.74, 6) is -0.736. The van der Waals surface area contributed by atoms with Gasteiger partial charge in [0.25, 0.3) is 0 Å². The average Bonchev–Trinajstić information content (AvgIpc) is 2.14. The van der Waals surface area contributed by atoms with Gasteiger partial charge >= 0.3 is 5.97 Å². The van der Waals surface area contributed by atoms with Crippen molar-refractivity contribution in [2.24, 2.45) is 0 Å². The number of hydrogen-bond donors (Lipinski definition) is 2. The number of carboxylic acids is 1. The fraction of sp³-hybridized carbons (Fsp3) is 0.909. The third-order valence-corrected chi connectivity index (χ3v) is 3.07. The molecule has 1 aliphatic rings. The maximum Gasteiger partial charge on any atom is 0.303 e. The zero-order valence-corrected chi connectivity index (χ0v) is 8.67. The molecule has 0 unspecified atom stereocenters. The Morgan fingerprint density at radius 3 is 2.36 bits per heavy atom. The van der Waals surface area contributed by atoms with Crippen LogP contribution in [-0.4, -0.2) is 21.8 Å². The molecule has 0 amide bonds. The highest BCUT2D eigenvalue weighted by atomic mass is 16.4. The van der Waals surface area contributed by atoms with E-state index < -0.39 is 11.6 Å². The van der Waals surface area contributed by atoms with Crippen molar-refractivity contribution < 1.29 is 15.0 Å². The molecular formula is C11H20O3. The first kappa shape index (κ1) is 11.5. The first-order valence-corrected chi connectivity index (χ1v) is 5.57. The summed E-state index contributed by atoms with van der Waals surface area (Å²) in [6, 6.07) is 0. The smallest absolute Gasteiger partial charge is 0.303 e. The van der Waals surface area contributed by atoms with Crippen molar-refractivity contribution in [3.8, 4) is 0 Å². The maximum atomic E-state index is 10.3. The maximum absolute atomic E-state index is 10.3. The van der Waals surface area contributed by atoms with E-state index in [-0.39, 0.29) is 6.42 Å². The molecule has 82 valence electrons. The van der Waals surface area contributed by atoms with Gasteiger partial charge in [0.1, 0.15) is 0 Å². The van der Waals surface area contributed by atoms with Gasteiger partial charge in [0.05, 0.1) is 5.60 Å². The molecule has 1 fully saturated rings. The third kappa shape index (κ3) is 4.09. The Balaban J connectivity index is 2.12. The van der Waals surface area contributed by atoms with Gasteiger partial charge in [0, 0.05) is 6.42 Å². The summed E-state index contributed by atoms with van der Waals surface area (Å²) in [6.45, 7) is 0. The van der Waals surface area contributed by atoms with Crippen LogP contribution in [0, 0.1) is 0 Å². The Hall–Kier alpha value is -0.570. The molecule has 3 nitrogen and oxygen atoms in total. The van der Waals surface area contributed by atoms with Crippen LogP contribution in [0.5, 0.6) is 0 Å². The molecule has 0 bridgehead atoms. The van der Waals surface area contributed by atoms with Crippen LogP contribution in [0.2, 0.25) is 0 Å². The highest BCUT2D eigenvalue weighted by Crippen LogP contribution is 2.32. The average molecular weight is 200 g/mol. The summed E-state index contributed by atoms with van der Waals surface area (Å²) in [7, 11) is 0. The van der Waals surface area contributed by atoms with Crippen molar-refractivity contribution >= 4 is 5.97 Å². The SMILES string of the molecule is O=C(O)CCCCC1(O)CCCCC1. The Labute approximate surface area is 85.1 Å². The molecule has 0 saturated heterocycles. The predicted octanol–water partition coefficient (Wildman–Crippen LogP) is 2.33. The lowest BCUT2D eigenvalue weighted by atomic mass is 9.81. The number of aliphatic carboxylic acids is 1. The standard InChI is InChI=1S/C11H20O3/c12-10(13)6-2-5-9-11(14)7-3-1-4-8-11/h14H,1-9H2,(H,12,13). The zero-order valence-electron chi connectivity index (χ0n) is 8.67. The van der Waals surface area contributed by atoms with E-state index in [1.54, 1.807) is 0 Å². The highest BCUT2D eigenvalue weighted by Gasteiger charge is 2.28. The minimum atomic E-state index is -0.736. The van der Waals surface area contributed by atoms with E-state index in [9.17, 15) is 9.90 Å². The molecule has 1 rings (SSSR count). The van der Waals surface area contributed by atoms with Gasteiger partial charge in [-0.05, 0) is 25.7 Å². The third-order valence-electron chi connectivity index (χ3n) is 3.07. The minimum Gasteiger partial charge on any atom is -0.481 e. The zero-order chi connectivity index (χ0) is 10.4. The molecule has 0 heterocycles. The molecule has 0 aliphatic heterocycles. The second-order valence-electron chi connectivity index (χ2n) is 4.39. The lowest BCUT2D eigenvalue weighted by Gasteiger charge is -2.32. The molecule has 1 saturated carbocycles. The van der Waals surface area contributed by atoms with E-state index in [4.69, 9.17) is 5.11 Å². The van der Waals surface area contributed by atoms with Crippen LogP contribution in [0.1, 0.15) is 57.8 Å². The van der Waals surface area contributed by atoms with Crippen LogP contribution in [0.25, 0.3) is 0 Å². The first-order valence-electron chi connectivity index (χ1n) is 5.57. The minimum absolute atomic E-state index is 0.232. The van der Waals surface area contributed by atoms with E-state index >= 15 is 0 Å². The molecule has 1 aliphatic carbocycles. The van der Waals surface area contributed by atoms with Gasteiger partial charge in [0.2, 0.25) is 0 Å². The van der Waals surface area contributed by atoms with Crippen molar-refractivity contribution in [3.05, 3.63) is 0 Å².